The van der Waals surface area contributed by atoms with Gasteiger partial charge in [-0.15, -0.1) is 0 Å². The summed E-state index contributed by atoms with van der Waals surface area (Å²) in [5.41, 5.74) is 0.690. The first-order chi connectivity index (χ1) is 10.1. The van der Waals surface area contributed by atoms with Crippen LogP contribution in [0.15, 0.2) is 34.9 Å². The predicted molar refractivity (Wildman–Crippen MR) is 78.8 cm³/mol. The highest BCUT2D eigenvalue weighted by molar-refractivity contribution is 7.71. The summed E-state index contributed by atoms with van der Waals surface area (Å²) >= 11 is 5.24. The number of aryl methyl sites for hydroxylation is 1. The molecule has 0 aliphatic heterocycles. The molecule has 1 aromatic carbocycles. The normalized spacial score (nSPS) is 12.9. The molecule has 110 valence electrons. The van der Waals surface area contributed by atoms with Crippen molar-refractivity contribution in [2.45, 2.75) is 25.8 Å². The van der Waals surface area contributed by atoms with E-state index in [-0.39, 0.29) is 11.6 Å². The van der Waals surface area contributed by atoms with E-state index in [9.17, 15) is 8.78 Å². The van der Waals surface area contributed by atoms with Crippen molar-refractivity contribution in [2.24, 2.45) is 0 Å². The standard InChI is InChI=1S/C15H14F2N2OS/c1-9(4-5-11-3-2-6-20-11)19-13-8-10(16)7-12(17)14(13)18-15(19)21/h2-3,6-9H,4-5H2,1H3,(H,18,21). The number of imidazole rings is 1. The van der Waals surface area contributed by atoms with Crippen LogP contribution in [0.3, 0.4) is 0 Å². The maximum absolute atomic E-state index is 13.8. The zero-order valence-electron chi connectivity index (χ0n) is 11.4. The molecule has 0 saturated carbocycles. The minimum absolute atomic E-state index is 0.00227. The number of fused-ring (bicyclic) bond motifs is 1. The number of nitrogens with one attached hydrogen (secondary N) is 1. The molecule has 0 saturated heterocycles. The topological polar surface area (TPSA) is 33.9 Å². The van der Waals surface area contributed by atoms with Crippen molar-refractivity contribution in [3.63, 3.8) is 0 Å². The van der Waals surface area contributed by atoms with Crippen LogP contribution >= 0.6 is 12.2 Å². The molecule has 2 heterocycles. The Kier molecular flexibility index (Phi) is 3.63. The van der Waals surface area contributed by atoms with E-state index in [1.165, 1.54) is 6.07 Å². The molecule has 1 unspecified atom stereocenters. The van der Waals surface area contributed by atoms with Crippen molar-refractivity contribution >= 4 is 23.3 Å². The lowest BCUT2D eigenvalue weighted by atomic mass is 10.1. The number of aromatic amines is 1. The van der Waals surface area contributed by atoms with E-state index in [1.807, 2.05) is 19.1 Å². The molecule has 3 rings (SSSR count). The maximum atomic E-state index is 13.8. The number of furan rings is 1. The first-order valence-electron chi connectivity index (χ1n) is 6.68. The number of hydrogen-bond acceptors (Lipinski definition) is 2. The Morgan fingerprint density at radius 1 is 1.38 bits per heavy atom. The van der Waals surface area contributed by atoms with Crippen LogP contribution in [-0.2, 0) is 6.42 Å². The first-order valence-corrected chi connectivity index (χ1v) is 7.08. The second kappa shape index (κ2) is 5.44. The lowest BCUT2D eigenvalue weighted by molar-refractivity contribution is 0.455. The van der Waals surface area contributed by atoms with Gasteiger partial charge in [0.1, 0.15) is 17.1 Å². The number of nitrogens with zero attached hydrogens (tertiary/aromatic N) is 1. The van der Waals surface area contributed by atoms with Gasteiger partial charge in [-0.25, -0.2) is 8.78 Å². The van der Waals surface area contributed by atoms with Crippen molar-refractivity contribution in [3.8, 4) is 0 Å². The molecule has 3 nitrogen and oxygen atoms in total. The van der Waals surface area contributed by atoms with Gasteiger partial charge >= 0.3 is 0 Å². The molecule has 21 heavy (non-hydrogen) atoms. The van der Waals surface area contributed by atoms with Crippen molar-refractivity contribution in [2.75, 3.05) is 0 Å². The van der Waals surface area contributed by atoms with Crippen LogP contribution < -0.4 is 0 Å². The molecule has 0 amide bonds. The highest BCUT2D eigenvalue weighted by Crippen LogP contribution is 2.25. The average Bonchev–Trinajstić information content (AvgIpc) is 3.03. The number of benzene rings is 1. The lowest BCUT2D eigenvalue weighted by Crippen LogP contribution is -2.06. The maximum Gasteiger partial charge on any atom is 0.178 e. The summed E-state index contributed by atoms with van der Waals surface area (Å²) in [4.78, 5) is 2.81. The Morgan fingerprint density at radius 2 is 2.19 bits per heavy atom. The fourth-order valence-electron chi connectivity index (χ4n) is 2.52. The smallest absolute Gasteiger partial charge is 0.178 e. The summed E-state index contributed by atoms with van der Waals surface area (Å²) in [6.45, 7) is 1.97. The Hall–Kier alpha value is -1.95. The second-order valence-corrected chi connectivity index (χ2v) is 5.44. The minimum Gasteiger partial charge on any atom is -0.469 e. The monoisotopic (exact) mass is 308 g/mol. The largest absolute Gasteiger partial charge is 0.469 e. The lowest BCUT2D eigenvalue weighted by Gasteiger charge is -2.14. The van der Waals surface area contributed by atoms with Gasteiger partial charge in [0.15, 0.2) is 10.6 Å². The van der Waals surface area contributed by atoms with Crippen LogP contribution in [0.2, 0.25) is 0 Å². The number of hydrogen-bond donors (Lipinski definition) is 1. The summed E-state index contributed by atoms with van der Waals surface area (Å²) in [5.74, 6) is -0.361. The molecule has 0 radical (unpaired) electrons. The van der Waals surface area contributed by atoms with Gasteiger partial charge in [0, 0.05) is 18.5 Å². The first kappa shape index (κ1) is 14.0. The highest BCUT2D eigenvalue weighted by Gasteiger charge is 2.15. The van der Waals surface area contributed by atoms with Crippen molar-refractivity contribution in [1.29, 1.82) is 0 Å². The Labute approximate surface area is 125 Å². The van der Waals surface area contributed by atoms with Gasteiger partial charge in [0.2, 0.25) is 0 Å². The molecule has 1 atom stereocenters. The highest BCUT2D eigenvalue weighted by atomic mass is 32.1. The van der Waals surface area contributed by atoms with Gasteiger partial charge in [0.25, 0.3) is 0 Å². The van der Waals surface area contributed by atoms with Crippen LogP contribution in [0.1, 0.15) is 25.1 Å². The molecular weight excluding hydrogens is 294 g/mol. The fraction of sp³-hybridized carbons (Fsp3) is 0.267. The van der Waals surface area contributed by atoms with E-state index >= 15 is 0 Å². The molecule has 3 aromatic rings. The summed E-state index contributed by atoms with van der Waals surface area (Å²) < 4.78 is 34.6. The summed E-state index contributed by atoms with van der Waals surface area (Å²) in [5, 5.41) is 0. The number of halogens is 2. The number of H-pyrrole nitrogens is 1. The Morgan fingerprint density at radius 3 is 2.90 bits per heavy atom. The van der Waals surface area contributed by atoms with Gasteiger partial charge in [-0.2, -0.15) is 0 Å². The Balaban J connectivity index is 1.95. The zero-order chi connectivity index (χ0) is 15.0. The van der Waals surface area contributed by atoms with Crippen molar-refractivity contribution < 1.29 is 13.2 Å². The van der Waals surface area contributed by atoms with E-state index in [2.05, 4.69) is 4.98 Å². The van der Waals surface area contributed by atoms with Gasteiger partial charge in [0.05, 0.1) is 11.8 Å². The van der Waals surface area contributed by atoms with Crippen molar-refractivity contribution in [3.05, 3.63) is 52.7 Å². The SMILES string of the molecule is CC(CCc1ccco1)n1c(=S)[nH]c2c(F)cc(F)cc21. The molecule has 0 aliphatic carbocycles. The molecular formula is C15H14F2N2OS. The number of aromatic nitrogens is 2. The average molecular weight is 308 g/mol. The molecule has 0 aliphatic rings. The summed E-state index contributed by atoms with van der Waals surface area (Å²) in [6.07, 6.45) is 3.12. The quantitative estimate of drug-likeness (QED) is 0.705. The molecule has 0 spiro atoms. The van der Waals surface area contributed by atoms with Crippen LogP contribution in [-0.4, -0.2) is 9.55 Å². The van der Waals surface area contributed by atoms with Crippen LogP contribution in [0.25, 0.3) is 11.0 Å². The summed E-state index contributed by atoms with van der Waals surface area (Å²) in [7, 11) is 0. The van der Waals surface area contributed by atoms with Crippen LogP contribution in [0, 0.1) is 16.4 Å². The fourth-order valence-corrected chi connectivity index (χ4v) is 2.90. The minimum atomic E-state index is -0.631. The van der Waals surface area contributed by atoms with Gasteiger partial charge in [-0.05, 0) is 43.8 Å². The second-order valence-electron chi connectivity index (χ2n) is 5.05. The third-order valence-corrected chi connectivity index (χ3v) is 3.87. The molecule has 2 aromatic heterocycles. The predicted octanol–water partition coefficient (Wildman–Crippen LogP) is 4.76. The third-order valence-electron chi connectivity index (χ3n) is 3.57. The van der Waals surface area contributed by atoms with E-state index in [0.29, 0.717) is 10.3 Å². The van der Waals surface area contributed by atoms with Gasteiger partial charge in [-0.1, -0.05) is 0 Å². The molecule has 6 heteroatoms. The molecule has 0 bridgehead atoms. The van der Waals surface area contributed by atoms with Gasteiger partial charge < -0.3 is 14.0 Å². The molecule has 1 N–H and O–H groups in total. The van der Waals surface area contributed by atoms with E-state index < -0.39 is 11.6 Å². The van der Waals surface area contributed by atoms with E-state index in [0.717, 1.165) is 24.7 Å². The van der Waals surface area contributed by atoms with Crippen LogP contribution in [0.4, 0.5) is 8.78 Å². The summed E-state index contributed by atoms with van der Waals surface area (Å²) in [6, 6.07) is 5.89. The van der Waals surface area contributed by atoms with Crippen molar-refractivity contribution in [1.82, 2.24) is 9.55 Å². The van der Waals surface area contributed by atoms with Gasteiger partial charge in [-0.3, -0.25) is 0 Å². The van der Waals surface area contributed by atoms with Crippen LogP contribution in [0.5, 0.6) is 0 Å². The van der Waals surface area contributed by atoms with E-state index in [4.69, 9.17) is 16.6 Å². The Bertz CT molecular complexity index is 820. The third kappa shape index (κ3) is 2.63. The van der Waals surface area contributed by atoms with E-state index in [1.54, 1.807) is 10.8 Å². The molecule has 0 fully saturated rings. The zero-order valence-corrected chi connectivity index (χ0v) is 12.2. The number of rotatable bonds is 4.